The van der Waals surface area contributed by atoms with Gasteiger partial charge in [0.2, 0.25) is 0 Å². The van der Waals surface area contributed by atoms with Crippen molar-refractivity contribution in [1.82, 2.24) is 0 Å². The van der Waals surface area contributed by atoms with Crippen LogP contribution in [0, 0.1) is 0 Å². The monoisotopic (exact) mass is 496 g/mol. The zero-order valence-corrected chi connectivity index (χ0v) is 19.3. The quantitative estimate of drug-likeness (QED) is 0.158. The maximum atomic E-state index is 10.6. The van der Waals surface area contributed by atoms with E-state index in [2.05, 4.69) is 0 Å². The maximum absolute atomic E-state index is 10.6. The van der Waals surface area contributed by atoms with E-state index in [1.807, 2.05) is 0 Å². The molecule has 1 aliphatic carbocycles. The second-order valence-corrected chi connectivity index (χ2v) is 9.99. The smallest absolute Gasteiger partial charge is 0.187 e. The maximum Gasteiger partial charge on any atom is 0.187 e. The summed E-state index contributed by atoms with van der Waals surface area (Å²) in [7, 11) is 0. The fourth-order valence-electron chi connectivity index (χ4n) is 4.81. The molecule has 0 amide bonds. The van der Waals surface area contributed by atoms with E-state index in [0.29, 0.717) is 0 Å². The topological polar surface area (TPSA) is 262 Å². The molecule has 0 aromatic heterocycles. The van der Waals surface area contributed by atoms with Gasteiger partial charge < -0.3 is 72.5 Å². The van der Waals surface area contributed by atoms with Gasteiger partial charge >= 0.3 is 0 Å². The van der Waals surface area contributed by atoms with Crippen molar-refractivity contribution < 1.29 is 49.6 Å². The van der Waals surface area contributed by atoms with Crippen molar-refractivity contribution in [3.8, 4) is 0 Å². The fraction of sp³-hybridized carbons (Fsp3) is 1.00. The van der Waals surface area contributed by atoms with E-state index in [0.717, 1.165) is 0 Å². The Kier molecular flexibility index (Phi) is 8.92. The molecule has 0 spiro atoms. The molecule has 14 nitrogen and oxygen atoms in total. The van der Waals surface area contributed by atoms with Crippen LogP contribution in [0.1, 0.15) is 26.7 Å². The van der Waals surface area contributed by atoms with Gasteiger partial charge in [-0.1, -0.05) is 0 Å². The van der Waals surface area contributed by atoms with Crippen LogP contribution in [0.5, 0.6) is 0 Å². The van der Waals surface area contributed by atoms with Gasteiger partial charge in [0.15, 0.2) is 12.6 Å². The highest BCUT2D eigenvalue weighted by Crippen LogP contribution is 2.33. The Hall–Kier alpha value is -0.560. The van der Waals surface area contributed by atoms with Crippen molar-refractivity contribution in [3.05, 3.63) is 0 Å². The molecule has 0 aromatic rings. The number of aliphatic hydroxyl groups excluding tert-OH is 6. The second kappa shape index (κ2) is 10.8. The Morgan fingerprint density at radius 3 is 2.03 bits per heavy atom. The molecule has 200 valence electrons. The molecule has 1 saturated carbocycles. The molecule has 3 rings (SSSR count). The summed E-state index contributed by atoms with van der Waals surface area (Å²) in [6.45, 7) is 2.85. The van der Waals surface area contributed by atoms with E-state index in [9.17, 15) is 30.6 Å². The second-order valence-electron chi connectivity index (χ2n) is 9.99. The summed E-state index contributed by atoms with van der Waals surface area (Å²) in [4.78, 5) is 0. The third-order valence-electron chi connectivity index (χ3n) is 6.85. The largest absolute Gasteiger partial charge is 0.391 e. The molecular weight excluding hydrogens is 456 g/mol. The summed E-state index contributed by atoms with van der Waals surface area (Å²) in [5.41, 5.74) is 23.2. The van der Waals surface area contributed by atoms with Crippen LogP contribution in [0.4, 0.5) is 0 Å². The predicted octanol–water partition coefficient (Wildman–Crippen LogP) is -5.48. The Morgan fingerprint density at radius 2 is 1.47 bits per heavy atom. The summed E-state index contributed by atoms with van der Waals surface area (Å²) in [6.07, 6.45) is -12.9. The van der Waals surface area contributed by atoms with Crippen LogP contribution >= 0.6 is 0 Å². The Morgan fingerprint density at radius 1 is 0.882 bits per heavy atom. The molecule has 14 N–H and O–H groups in total. The van der Waals surface area contributed by atoms with E-state index >= 15 is 0 Å². The van der Waals surface area contributed by atoms with Crippen LogP contribution in [0.15, 0.2) is 0 Å². The van der Waals surface area contributed by atoms with E-state index in [1.54, 1.807) is 6.92 Å². The summed E-state index contributed by atoms with van der Waals surface area (Å²) in [5.74, 6) is 0. The highest BCUT2D eigenvalue weighted by atomic mass is 16.7. The van der Waals surface area contributed by atoms with E-state index in [-0.39, 0.29) is 19.4 Å². The number of hydrogen-bond donors (Lipinski definition) is 10. The SMILES string of the molecule is C[C@H](N)[C@H]1O[C@@H](OC2CC(N)(CO[C@H]3OC([C@@H](C)O)[C@@H](O)C(O)C3N)C[C@@H](N)C2O)C(O)C1O. The standard InChI is InChI=1S/C20H40N4O10/c1-6(21)16-14(29)15(30)19(33-16)32-9-4-20(24,3-8(22)11(9)26)5-31-18-10(23)12(27)13(28)17(34-18)7(2)25/h6-19,25-30H,3-5,21-24H2,1-2H3/t6-,7+,8+,9?,10?,11?,12?,13-,14?,15?,16+,17?,18-,19+,20?/m0/s1. The van der Waals surface area contributed by atoms with Gasteiger partial charge in [0.05, 0.1) is 31.0 Å². The van der Waals surface area contributed by atoms with Gasteiger partial charge in [-0.15, -0.1) is 0 Å². The predicted molar refractivity (Wildman–Crippen MR) is 116 cm³/mol. The zero-order valence-electron chi connectivity index (χ0n) is 19.3. The highest BCUT2D eigenvalue weighted by molar-refractivity contribution is 5.03. The Bertz CT molecular complexity index is 677. The molecule has 0 bridgehead atoms. The first-order valence-corrected chi connectivity index (χ1v) is 11.5. The van der Waals surface area contributed by atoms with E-state index < -0.39 is 91.2 Å². The molecule has 8 unspecified atom stereocenters. The first-order valence-electron chi connectivity index (χ1n) is 11.5. The van der Waals surface area contributed by atoms with Crippen molar-refractivity contribution >= 4 is 0 Å². The molecule has 15 atom stereocenters. The first kappa shape index (κ1) is 28.0. The normalized spacial score (nSPS) is 51.9. The lowest BCUT2D eigenvalue weighted by Gasteiger charge is -2.46. The molecule has 2 aliphatic heterocycles. The minimum atomic E-state index is -1.40. The molecule has 2 saturated heterocycles. The summed E-state index contributed by atoms with van der Waals surface area (Å²) in [5, 5.41) is 61.1. The number of aliphatic hydroxyl groups is 6. The van der Waals surface area contributed by atoms with E-state index in [4.69, 9.17) is 41.9 Å². The molecule has 0 radical (unpaired) electrons. The lowest BCUT2D eigenvalue weighted by Crippen LogP contribution is -2.66. The molecule has 34 heavy (non-hydrogen) atoms. The van der Waals surface area contributed by atoms with Crippen molar-refractivity contribution in [2.24, 2.45) is 22.9 Å². The van der Waals surface area contributed by atoms with Gasteiger partial charge in [-0.3, -0.25) is 0 Å². The summed E-state index contributed by atoms with van der Waals surface area (Å²) >= 11 is 0. The van der Waals surface area contributed by atoms with Gasteiger partial charge in [-0.2, -0.15) is 0 Å². The lowest BCUT2D eigenvalue weighted by atomic mass is 9.77. The van der Waals surface area contributed by atoms with Gasteiger partial charge in [0, 0.05) is 17.6 Å². The van der Waals surface area contributed by atoms with Crippen LogP contribution in [-0.2, 0) is 18.9 Å². The van der Waals surface area contributed by atoms with Crippen molar-refractivity contribution in [3.63, 3.8) is 0 Å². The average Bonchev–Trinajstić information content (AvgIpc) is 3.03. The van der Waals surface area contributed by atoms with Crippen LogP contribution in [0.25, 0.3) is 0 Å². The van der Waals surface area contributed by atoms with Gasteiger partial charge in [-0.05, 0) is 26.7 Å². The summed E-state index contributed by atoms with van der Waals surface area (Å²) in [6, 6.07) is -2.49. The minimum absolute atomic E-state index is 0.0420. The van der Waals surface area contributed by atoms with Crippen molar-refractivity contribution in [2.45, 2.75) is 118 Å². The summed E-state index contributed by atoms with van der Waals surface area (Å²) < 4.78 is 22.6. The molecule has 3 aliphatic rings. The average molecular weight is 497 g/mol. The molecule has 3 fully saturated rings. The molecule has 2 heterocycles. The molecular formula is C20H40N4O10. The Balaban J connectivity index is 1.65. The number of hydrogen-bond acceptors (Lipinski definition) is 14. The number of ether oxygens (including phenoxy) is 4. The van der Waals surface area contributed by atoms with Crippen LogP contribution in [0.2, 0.25) is 0 Å². The number of rotatable bonds is 7. The highest BCUT2D eigenvalue weighted by Gasteiger charge is 2.51. The third kappa shape index (κ3) is 5.71. The fourth-order valence-corrected chi connectivity index (χ4v) is 4.81. The van der Waals surface area contributed by atoms with Gasteiger partial charge in [-0.25, -0.2) is 0 Å². The minimum Gasteiger partial charge on any atom is -0.391 e. The van der Waals surface area contributed by atoms with Crippen molar-refractivity contribution in [1.29, 1.82) is 0 Å². The number of nitrogens with two attached hydrogens (primary N) is 4. The van der Waals surface area contributed by atoms with Crippen LogP contribution < -0.4 is 22.9 Å². The lowest BCUT2D eigenvalue weighted by molar-refractivity contribution is -0.281. The zero-order chi connectivity index (χ0) is 25.5. The van der Waals surface area contributed by atoms with Crippen LogP contribution in [-0.4, -0.2) is 128 Å². The van der Waals surface area contributed by atoms with Gasteiger partial charge in [0.1, 0.15) is 36.6 Å². The van der Waals surface area contributed by atoms with Crippen LogP contribution in [0.3, 0.4) is 0 Å². The van der Waals surface area contributed by atoms with Gasteiger partial charge in [0.25, 0.3) is 0 Å². The third-order valence-corrected chi connectivity index (χ3v) is 6.85. The first-order chi connectivity index (χ1) is 15.8. The Labute approximate surface area is 197 Å². The molecule has 14 heteroatoms. The van der Waals surface area contributed by atoms with E-state index in [1.165, 1.54) is 6.92 Å². The molecule has 0 aromatic carbocycles. The van der Waals surface area contributed by atoms with Crippen molar-refractivity contribution in [2.75, 3.05) is 6.61 Å².